The number of hydrogen-bond donors (Lipinski definition) is 1. The topological polar surface area (TPSA) is 79.3 Å². The third-order valence-electron chi connectivity index (χ3n) is 4.68. The van der Waals surface area contributed by atoms with Crippen molar-refractivity contribution in [1.82, 2.24) is 9.80 Å². The second-order valence-corrected chi connectivity index (χ2v) is 7.16. The highest BCUT2D eigenvalue weighted by Crippen LogP contribution is 2.24. The number of aliphatic carboxylic acids is 1. The average Bonchev–Trinajstić information content (AvgIpc) is 2.86. The van der Waals surface area contributed by atoms with Crippen molar-refractivity contribution >= 4 is 11.9 Å². The van der Waals surface area contributed by atoms with Crippen LogP contribution in [-0.4, -0.2) is 84.6 Å². The number of benzene rings is 1. The van der Waals surface area contributed by atoms with Crippen molar-refractivity contribution in [1.29, 1.82) is 0 Å². The van der Waals surface area contributed by atoms with Crippen molar-refractivity contribution in [3.8, 4) is 0 Å². The number of nitrogens with zero attached hydrogens (tertiary/aromatic N) is 2. The number of carboxylic acid groups (broad SMARTS) is 1. The van der Waals surface area contributed by atoms with Gasteiger partial charge in [0.05, 0.1) is 26.4 Å². The predicted octanol–water partition coefficient (Wildman–Crippen LogP) is 1.91. The fourth-order valence-corrected chi connectivity index (χ4v) is 3.26. The van der Waals surface area contributed by atoms with Gasteiger partial charge in [-0.15, -0.1) is 0 Å². The van der Waals surface area contributed by atoms with Gasteiger partial charge in [0.15, 0.2) is 0 Å². The molecule has 30 heavy (non-hydrogen) atoms. The fourth-order valence-electron chi connectivity index (χ4n) is 3.26. The second-order valence-electron chi connectivity index (χ2n) is 7.16. The van der Waals surface area contributed by atoms with Crippen LogP contribution in [0.3, 0.4) is 0 Å². The Hall–Kier alpha value is -2.24. The third-order valence-corrected chi connectivity index (χ3v) is 4.68. The smallest absolute Gasteiger partial charge is 0.475 e. The molecular weight excluding hydrogens is 412 g/mol. The second kappa shape index (κ2) is 10.2. The molecule has 3 rings (SSSR count). The SMILES string of the molecule is CC(=O)N1CCOCC2(CN(Cc3ccc(F)cc3)CCO2)C1.O=C(O)C(F)(F)F. The number of carbonyl (C=O) groups excluding carboxylic acids is 1. The third kappa shape index (κ3) is 7.22. The van der Waals surface area contributed by atoms with Crippen LogP contribution in [0, 0.1) is 5.82 Å². The molecule has 0 radical (unpaired) electrons. The number of amides is 1. The van der Waals surface area contributed by atoms with Gasteiger partial charge in [0.1, 0.15) is 11.4 Å². The van der Waals surface area contributed by atoms with Crippen LogP contribution in [0.15, 0.2) is 24.3 Å². The van der Waals surface area contributed by atoms with Crippen molar-refractivity contribution in [2.24, 2.45) is 0 Å². The van der Waals surface area contributed by atoms with E-state index in [1.807, 2.05) is 12.1 Å². The molecule has 2 heterocycles. The lowest BCUT2D eigenvalue weighted by Crippen LogP contribution is -2.58. The highest BCUT2D eigenvalue weighted by Gasteiger charge is 2.41. The molecule has 2 aliphatic rings. The van der Waals surface area contributed by atoms with Crippen LogP contribution in [0.2, 0.25) is 0 Å². The zero-order valence-corrected chi connectivity index (χ0v) is 16.5. The first-order valence-corrected chi connectivity index (χ1v) is 9.25. The van der Waals surface area contributed by atoms with Gasteiger partial charge in [-0.3, -0.25) is 9.69 Å². The molecule has 0 bridgehead atoms. The molecule has 1 aromatic rings. The number of carbonyl (C=O) groups is 2. The quantitative estimate of drug-likeness (QED) is 0.714. The van der Waals surface area contributed by atoms with E-state index >= 15 is 0 Å². The van der Waals surface area contributed by atoms with E-state index in [2.05, 4.69) is 4.90 Å². The molecule has 1 amide bonds. The highest BCUT2D eigenvalue weighted by atomic mass is 19.4. The standard InChI is InChI=1S/C17H23FN2O3.C2HF3O2/c1-14(21)20-7-8-22-13-17(12-20)11-19(6-9-23-17)10-15-2-4-16(18)5-3-15;3-2(4,5)1(6)7/h2-5H,6-13H2,1H3;(H,6,7). The molecule has 0 saturated carbocycles. The number of halogens is 4. The van der Waals surface area contributed by atoms with Gasteiger partial charge in [-0.2, -0.15) is 13.2 Å². The molecule has 1 spiro atoms. The summed E-state index contributed by atoms with van der Waals surface area (Å²) in [6.07, 6.45) is -5.08. The molecule has 168 valence electrons. The first-order valence-electron chi connectivity index (χ1n) is 9.25. The molecule has 7 nitrogen and oxygen atoms in total. The number of carboxylic acids is 1. The Morgan fingerprint density at radius 3 is 2.33 bits per heavy atom. The zero-order chi connectivity index (χ0) is 22.4. The fraction of sp³-hybridized carbons (Fsp3) is 0.579. The first kappa shape index (κ1) is 24.0. The summed E-state index contributed by atoms with van der Waals surface area (Å²) >= 11 is 0. The summed E-state index contributed by atoms with van der Waals surface area (Å²) < 4.78 is 56.5. The van der Waals surface area contributed by atoms with Gasteiger partial charge in [0.25, 0.3) is 0 Å². The summed E-state index contributed by atoms with van der Waals surface area (Å²) in [4.78, 5) is 24.7. The summed E-state index contributed by atoms with van der Waals surface area (Å²) in [5.74, 6) is -2.93. The van der Waals surface area contributed by atoms with Crippen molar-refractivity contribution in [2.45, 2.75) is 25.2 Å². The van der Waals surface area contributed by atoms with E-state index in [9.17, 15) is 22.4 Å². The molecule has 1 N–H and O–H groups in total. The van der Waals surface area contributed by atoms with Gasteiger partial charge in [-0.25, -0.2) is 9.18 Å². The number of morpholine rings is 1. The maximum absolute atomic E-state index is 13.0. The number of alkyl halides is 3. The molecular formula is C19H24F4N2O5. The van der Waals surface area contributed by atoms with Crippen molar-refractivity contribution in [3.05, 3.63) is 35.6 Å². The van der Waals surface area contributed by atoms with Gasteiger partial charge >= 0.3 is 12.1 Å². The van der Waals surface area contributed by atoms with E-state index in [4.69, 9.17) is 19.4 Å². The van der Waals surface area contributed by atoms with Crippen LogP contribution in [0.5, 0.6) is 0 Å². The molecule has 2 fully saturated rings. The monoisotopic (exact) mass is 436 g/mol. The Kier molecular flexibility index (Phi) is 8.16. The summed E-state index contributed by atoms with van der Waals surface area (Å²) in [6, 6.07) is 6.58. The van der Waals surface area contributed by atoms with Crippen LogP contribution < -0.4 is 0 Å². The summed E-state index contributed by atoms with van der Waals surface area (Å²) in [5, 5.41) is 7.12. The summed E-state index contributed by atoms with van der Waals surface area (Å²) in [7, 11) is 0. The van der Waals surface area contributed by atoms with Gasteiger partial charge in [0, 0.05) is 33.1 Å². The Bertz CT molecular complexity index is 729. The van der Waals surface area contributed by atoms with Crippen molar-refractivity contribution in [3.63, 3.8) is 0 Å². The van der Waals surface area contributed by atoms with E-state index in [1.54, 1.807) is 11.8 Å². The van der Waals surface area contributed by atoms with E-state index in [-0.39, 0.29) is 11.7 Å². The van der Waals surface area contributed by atoms with Crippen molar-refractivity contribution < 1.29 is 41.7 Å². The lowest BCUT2D eigenvalue weighted by atomic mass is 10.0. The Morgan fingerprint density at radius 2 is 1.77 bits per heavy atom. The molecule has 11 heteroatoms. The molecule has 0 aromatic heterocycles. The summed E-state index contributed by atoms with van der Waals surface area (Å²) in [6.45, 7) is 6.66. The Balaban J connectivity index is 0.000000396. The van der Waals surface area contributed by atoms with Crippen LogP contribution in [0.1, 0.15) is 12.5 Å². The minimum atomic E-state index is -5.08. The Labute approximate surface area is 171 Å². The molecule has 0 aliphatic carbocycles. The largest absolute Gasteiger partial charge is 0.490 e. The van der Waals surface area contributed by atoms with Gasteiger partial charge in [-0.05, 0) is 17.7 Å². The number of ether oxygens (including phenoxy) is 2. The normalized spacial score (nSPS) is 22.8. The van der Waals surface area contributed by atoms with Gasteiger partial charge in [-0.1, -0.05) is 12.1 Å². The van der Waals surface area contributed by atoms with E-state index < -0.39 is 17.7 Å². The van der Waals surface area contributed by atoms with E-state index in [0.717, 1.165) is 18.7 Å². The average molecular weight is 436 g/mol. The molecule has 1 atom stereocenters. The number of rotatable bonds is 2. The number of hydrogen-bond acceptors (Lipinski definition) is 5. The van der Waals surface area contributed by atoms with Crippen molar-refractivity contribution in [2.75, 3.05) is 46.0 Å². The van der Waals surface area contributed by atoms with Crippen LogP contribution in [0.4, 0.5) is 17.6 Å². The predicted molar refractivity (Wildman–Crippen MR) is 97.1 cm³/mol. The minimum absolute atomic E-state index is 0.0501. The lowest BCUT2D eigenvalue weighted by Gasteiger charge is -2.43. The zero-order valence-electron chi connectivity index (χ0n) is 16.5. The first-order chi connectivity index (χ1) is 14.0. The van der Waals surface area contributed by atoms with Crippen LogP contribution in [-0.2, 0) is 25.6 Å². The minimum Gasteiger partial charge on any atom is -0.475 e. The van der Waals surface area contributed by atoms with Crippen LogP contribution >= 0.6 is 0 Å². The highest BCUT2D eigenvalue weighted by molar-refractivity contribution is 5.73. The molecule has 2 aliphatic heterocycles. The van der Waals surface area contributed by atoms with Gasteiger partial charge < -0.3 is 19.5 Å². The van der Waals surface area contributed by atoms with E-state index in [1.165, 1.54) is 12.1 Å². The molecule has 1 unspecified atom stereocenters. The maximum Gasteiger partial charge on any atom is 0.490 e. The molecule has 1 aromatic carbocycles. The van der Waals surface area contributed by atoms with Gasteiger partial charge in [0.2, 0.25) is 5.91 Å². The van der Waals surface area contributed by atoms with Crippen LogP contribution in [0.25, 0.3) is 0 Å². The Morgan fingerprint density at radius 1 is 1.13 bits per heavy atom. The van der Waals surface area contributed by atoms with E-state index in [0.29, 0.717) is 39.5 Å². The maximum atomic E-state index is 13.0. The lowest BCUT2D eigenvalue weighted by molar-refractivity contribution is -0.192. The molecule has 2 saturated heterocycles. The summed E-state index contributed by atoms with van der Waals surface area (Å²) in [5.41, 5.74) is 0.599.